The van der Waals surface area contributed by atoms with E-state index in [0.717, 1.165) is 11.3 Å². The average Bonchev–Trinajstić information content (AvgIpc) is 2.73. The molecule has 1 aromatic rings. The van der Waals surface area contributed by atoms with Crippen molar-refractivity contribution in [1.29, 1.82) is 0 Å². The predicted molar refractivity (Wildman–Crippen MR) is 77.2 cm³/mol. The second-order valence-corrected chi connectivity index (χ2v) is 5.31. The van der Waals surface area contributed by atoms with Crippen molar-refractivity contribution in [2.75, 3.05) is 17.2 Å². The van der Waals surface area contributed by atoms with Gasteiger partial charge >= 0.3 is 5.97 Å². The van der Waals surface area contributed by atoms with Crippen molar-refractivity contribution in [3.05, 3.63) is 28.8 Å². The molecule has 0 saturated carbocycles. The van der Waals surface area contributed by atoms with Crippen LogP contribution in [-0.2, 0) is 4.79 Å². The monoisotopic (exact) mass is 279 g/mol. The number of hydrogen-bond donors (Lipinski definition) is 2. The molecular weight excluding hydrogens is 262 g/mol. The lowest BCUT2D eigenvalue weighted by atomic mass is 10.0. The number of aromatic carboxylic acids is 1. The van der Waals surface area contributed by atoms with E-state index in [9.17, 15) is 9.59 Å². The summed E-state index contributed by atoms with van der Waals surface area (Å²) in [6, 6.07) is 3.30. The van der Waals surface area contributed by atoms with Crippen LogP contribution in [0.25, 0.3) is 0 Å². The molecule has 2 rings (SSSR count). The van der Waals surface area contributed by atoms with E-state index >= 15 is 0 Å². The van der Waals surface area contributed by atoms with Gasteiger partial charge in [-0.3, -0.25) is 4.79 Å². The van der Waals surface area contributed by atoms with Gasteiger partial charge in [0, 0.05) is 18.7 Å². The van der Waals surface area contributed by atoms with Crippen LogP contribution in [0.2, 0.25) is 0 Å². The quantitative estimate of drug-likeness (QED) is 0.835. The van der Waals surface area contributed by atoms with Crippen molar-refractivity contribution in [3.8, 4) is 0 Å². The van der Waals surface area contributed by atoms with Gasteiger partial charge in [0.25, 0.3) is 0 Å². The van der Waals surface area contributed by atoms with E-state index in [0.29, 0.717) is 29.8 Å². The smallest absolute Gasteiger partial charge is 0.335 e. The number of carbonyl (C=O) groups excluding carboxylic acids is 1. The van der Waals surface area contributed by atoms with E-state index in [1.807, 2.05) is 6.92 Å². The minimum absolute atomic E-state index is 0.0876. The highest BCUT2D eigenvalue weighted by atomic mass is 32.1. The van der Waals surface area contributed by atoms with E-state index in [4.69, 9.17) is 5.11 Å². The first-order valence-corrected chi connectivity index (χ1v) is 6.83. The van der Waals surface area contributed by atoms with Gasteiger partial charge in [-0.1, -0.05) is 0 Å². The van der Waals surface area contributed by atoms with E-state index < -0.39 is 5.97 Å². The van der Waals surface area contributed by atoms with Gasteiger partial charge in [0.15, 0.2) is 0 Å². The lowest BCUT2D eigenvalue weighted by Gasteiger charge is -2.21. The Balaban J connectivity index is 2.39. The normalized spacial score (nSPS) is 19.0. The molecule has 0 aliphatic carbocycles. The number of carboxylic acids is 1. The molecule has 1 heterocycles. The van der Waals surface area contributed by atoms with Gasteiger partial charge in [-0.25, -0.2) is 4.79 Å². The third-order valence-corrected chi connectivity index (χ3v) is 4.26. The van der Waals surface area contributed by atoms with Crippen molar-refractivity contribution in [2.24, 2.45) is 5.92 Å². The molecule has 0 aromatic heterocycles. The summed E-state index contributed by atoms with van der Waals surface area (Å²) in [5.41, 5.74) is 2.68. The molecule has 1 saturated heterocycles. The zero-order valence-electron chi connectivity index (χ0n) is 11.0. The fraction of sp³-hybridized carbons (Fsp3) is 0.429. The summed E-state index contributed by atoms with van der Waals surface area (Å²) in [5, 5.41) is 9.09. The van der Waals surface area contributed by atoms with Gasteiger partial charge in [0.1, 0.15) is 0 Å². The SMILES string of the molecule is Cc1c(C(=O)O)ccc(N2CC(CS)CC2=O)c1C. The van der Waals surface area contributed by atoms with E-state index in [-0.39, 0.29) is 11.8 Å². The summed E-state index contributed by atoms with van der Waals surface area (Å²) in [4.78, 5) is 24.8. The highest BCUT2D eigenvalue weighted by Gasteiger charge is 2.31. The van der Waals surface area contributed by atoms with Crippen LogP contribution in [0.1, 0.15) is 27.9 Å². The van der Waals surface area contributed by atoms with Gasteiger partial charge in [-0.15, -0.1) is 0 Å². The molecule has 1 aliphatic rings. The average molecular weight is 279 g/mol. The molecule has 0 bridgehead atoms. The molecular formula is C14H17NO3S. The van der Waals surface area contributed by atoms with Crippen molar-refractivity contribution in [1.82, 2.24) is 0 Å². The molecule has 1 atom stereocenters. The summed E-state index contributed by atoms with van der Waals surface area (Å²) in [6.07, 6.45) is 0.517. The number of anilines is 1. The van der Waals surface area contributed by atoms with Gasteiger partial charge in [-0.05, 0) is 48.8 Å². The molecule has 1 N–H and O–H groups in total. The summed E-state index contributed by atoms with van der Waals surface area (Å²) < 4.78 is 0. The topological polar surface area (TPSA) is 57.6 Å². The molecule has 4 nitrogen and oxygen atoms in total. The standard InChI is InChI=1S/C14H17NO3S/c1-8-9(2)12(4-3-11(8)14(17)18)15-6-10(7-19)5-13(15)16/h3-4,10,19H,5-7H2,1-2H3,(H,17,18). The van der Waals surface area contributed by atoms with Crippen LogP contribution in [0.4, 0.5) is 5.69 Å². The third-order valence-electron chi connectivity index (χ3n) is 3.74. The number of hydrogen-bond acceptors (Lipinski definition) is 3. The Morgan fingerprint density at radius 1 is 1.42 bits per heavy atom. The van der Waals surface area contributed by atoms with Crippen molar-refractivity contribution in [3.63, 3.8) is 0 Å². The van der Waals surface area contributed by atoms with Crippen LogP contribution in [0.3, 0.4) is 0 Å². The zero-order valence-corrected chi connectivity index (χ0v) is 11.9. The first kappa shape index (κ1) is 13.9. The van der Waals surface area contributed by atoms with Gasteiger partial charge < -0.3 is 10.0 Å². The van der Waals surface area contributed by atoms with E-state index in [1.54, 1.807) is 24.0 Å². The molecule has 1 amide bonds. The Hall–Kier alpha value is -1.49. The summed E-state index contributed by atoms with van der Waals surface area (Å²) in [6.45, 7) is 4.30. The van der Waals surface area contributed by atoms with Crippen molar-refractivity contribution < 1.29 is 14.7 Å². The maximum atomic E-state index is 12.0. The molecule has 1 aromatic carbocycles. The van der Waals surface area contributed by atoms with Crippen LogP contribution in [0, 0.1) is 19.8 Å². The number of amides is 1. The van der Waals surface area contributed by atoms with Crippen LogP contribution in [0.15, 0.2) is 12.1 Å². The van der Waals surface area contributed by atoms with Crippen LogP contribution in [0.5, 0.6) is 0 Å². The minimum atomic E-state index is -0.937. The lowest BCUT2D eigenvalue weighted by Crippen LogP contribution is -2.26. The Morgan fingerprint density at radius 2 is 2.11 bits per heavy atom. The molecule has 5 heteroatoms. The number of benzene rings is 1. The van der Waals surface area contributed by atoms with E-state index in [2.05, 4.69) is 12.6 Å². The van der Waals surface area contributed by atoms with Crippen molar-refractivity contribution >= 4 is 30.2 Å². The number of nitrogens with zero attached hydrogens (tertiary/aromatic N) is 1. The largest absolute Gasteiger partial charge is 0.478 e. The first-order valence-electron chi connectivity index (χ1n) is 6.20. The molecule has 1 fully saturated rings. The van der Waals surface area contributed by atoms with Gasteiger partial charge in [-0.2, -0.15) is 12.6 Å². The summed E-state index contributed by atoms with van der Waals surface area (Å²) >= 11 is 4.24. The zero-order chi connectivity index (χ0) is 14.2. The Morgan fingerprint density at radius 3 is 2.63 bits per heavy atom. The summed E-state index contributed by atoms with van der Waals surface area (Å²) in [7, 11) is 0. The Bertz CT molecular complexity index is 542. The molecule has 0 radical (unpaired) electrons. The fourth-order valence-electron chi connectivity index (χ4n) is 2.47. The van der Waals surface area contributed by atoms with Crippen molar-refractivity contribution in [2.45, 2.75) is 20.3 Å². The van der Waals surface area contributed by atoms with Crippen LogP contribution >= 0.6 is 12.6 Å². The van der Waals surface area contributed by atoms with Crippen LogP contribution in [-0.4, -0.2) is 29.3 Å². The minimum Gasteiger partial charge on any atom is -0.478 e. The molecule has 102 valence electrons. The summed E-state index contributed by atoms with van der Waals surface area (Å²) in [5.74, 6) is 0.112. The molecule has 0 spiro atoms. The Labute approximate surface area is 117 Å². The molecule has 1 aliphatic heterocycles. The molecule has 1 unspecified atom stereocenters. The second kappa shape index (κ2) is 5.25. The number of carboxylic acid groups (broad SMARTS) is 1. The highest BCUT2D eigenvalue weighted by molar-refractivity contribution is 7.80. The first-order chi connectivity index (χ1) is 8.95. The maximum absolute atomic E-state index is 12.0. The third kappa shape index (κ3) is 2.47. The maximum Gasteiger partial charge on any atom is 0.335 e. The second-order valence-electron chi connectivity index (χ2n) is 4.94. The number of rotatable bonds is 3. The van der Waals surface area contributed by atoms with Crippen LogP contribution < -0.4 is 4.90 Å². The van der Waals surface area contributed by atoms with E-state index in [1.165, 1.54) is 0 Å². The predicted octanol–water partition coefficient (Wildman–Crippen LogP) is 2.28. The highest BCUT2D eigenvalue weighted by Crippen LogP contribution is 2.31. The van der Waals surface area contributed by atoms with Gasteiger partial charge in [0.05, 0.1) is 5.56 Å². The molecule has 19 heavy (non-hydrogen) atoms. The number of carbonyl (C=O) groups is 2. The fourth-order valence-corrected chi connectivity index (χ4v) is 2.71. The Kier molecular flexibility index (Phi) is 3.85. The van der Waals surface area contributed by atoms with Gasteiger partial charge in [0.2, 0.25) is 5.91 Å². The number of thiol groups is 1. The lowest BCUT2D eigenvalue weighted by molar-refractivity contribution is -0.117.